The summed E-state index contributed by atoms with van der Waals surface area (Å²) in [5.74, 6) is 1.42. The molecule has 0 aliphatic carbocycles. The summed E-state index contributed by atoms with van der Waals surface area (Å²) in [5, 5.41) is 0. The van der Waals surface area contributed by atoms with Gasteiger partial charge in [-0.3, -0.25) is 0 Å². The van der Waals surface area contributed by atoms with Crippen molar-refractivity contribution in [2.45, 2.75) is 19.3 Å². The van der Waals surface area contributed by atoms with Crippen LogP contribution in [0.2, 0.25) is 0 Å². The van der Waals surface area contributed by atoms with E-state index in [1.54, 1.807) is 0 Å². The zero-order valence-electron chi connectivity index (χ0n) is 10.1. The summed E-state index contributed by atoms with van der Waals surface area (Å²) < 4.78 is 0. The van der Waals surface area contributed by atoms with Gasteiger partial charge in [0, 0.05) is 5.92 Å². The average Bonchev–Trinajstić information content (AvgIpc) is 2.40. The zero-order chi connectivity index (χ0) is 12.1. The van der Waals surface area contributed by atoms with Crippen LogP contribution in [0.25, 0.3) is 0 Å². The third kappa shape index (κ3) is 3.20. The highest BCUT2D eigenvalue weighted by molar-refractivity contribution is 5.31. The van der Waals surface area contributed by atoms with Gasteiger partial charge in [-0.25, -0.2) is 0 Å². The van der Waals surface area contributed by atoms with Crippen LogP contribution in [0.4, 0.5) is 0 Å². The molecule has 0 fully saturated rings. The molecule has 0 nitrogen and oxygen atoms in total. The fraction of sp³-hybridized carbons (Fsp3) is 0.176. The van der Waals surface area contributed by atoms with Crippen LogP contribution in [-0.4, -0.2) is 0 Å². The SMILES string of the molecule is [CH]C(C[C](C)c1ccccc1)c1ccccc1. The molecular weight excluding hydrogens is 204 g/mol. The molecular formula is C17H17. The Kier molecular flexibility index (Phi) is 3.98. The van der Waals surface area contributed by atoms with Gasteiger partial charge >= 0.3 is 0 Å². The average molecular weight is 221 g/mol. The Morgan fingerprint density at radius 2 is 1.47 bits per heavy atom. The van der Waals surface area contributed by atoms with Gasteiger partial charge in [0.1, 0.15) is 0 Å². The van der Waals surface area contributed by atoms with E-state index in [0.717, 1.165) is 6.42 Å². The first kappa shape index (κ1) is 11.9. The van der Waals surface area contributed by atoms with E-state index in [9.17, 15) is 0 Å². The lowest BCUT2D eigenvalue weighted by Gasteiger charge is -2.17. The van der Waals surface area contributed by atoms with E-state index in [-0.39, 0.29) is 5.92 Å². The van der Waals surface area contributed by atoms with Crippen molar-refractivity contribution in [3.05, 3.63) is 84.6 Å². The molecule has 1 unspecified atom stereocenters. The molecule has 0 saturated carbocycles. The van der Waals surface area contributed by atoms with Gasteiger partial charge in [-0.2, -0.15) is 0 Å². The molecule has 3 radical (unpaired) electrons. The Morgan fingerprint density at radius 1 is 0.941 bits per heavy atom. The fourth-order valence-electron chi connectivity index (χ4n) is 1.99. The van der Waals surface area contributed by atoms with Gasteiger partial charge in [-0.05, 0) is 30.4 Å². The monoisotopic (exact) mass is 221 g/mol. The highest BCUT2D eigenvalue weighted by atomic mass is 14.2. The van der Waals surface area contributed by atoms with Crippen molar-refractivity contribution in [3.8, 4) is 0 Å². The molecule has 0 heteroatoms. The molecule has 0 aromatic heterocycles. The Hall–Kier alpha value is -1.56. The molecule has 0 saturated heterocycles. The predicted molar refractivity (Wildman–Crippen MR) is 72.6 cm³/mol. The zero-order valence-corrected chi connectivity index (χ0v) is 10.1. The van der Waals surface area contributed by atoms with Crippen LogP contribution in [0, 0.1) is 12.8 Å². The third-order valence-electron chi connectivity index (χ3n) is 3.02. The lowest BCUT2D eigenvalue weighted by Crippen LogP contribution is -2.01. The number of hydrogen-bond donors (Lipinski definition) is 0. The third-order valence-corrected chi connectivity index (χ3v) is 3.02. The standard InChI is InChI=1S/C17H17/c1-14(16-9-5-3-6-10-16)13-15(2)17-11-7-4-8-12-17/h1,3-12,14H,13H2,2H3. The second kappa shape index (κ2) is 5.67. The van der Waals surface area contributed by atoms with Crippen LogP contribution in [0.1, 0.15) is 30.4 Å². The lowest BCUT2D eigenvalue weighted by molar-refractivity contribution is 0.763. The molecule has 2 aromatic carbocycles. The van der Waals surface area contributed by atoms with Crippen LogP contribution in [0.5, 0.6) is 0 Å². The summed E-state index contributed by atoms with van der Waals surface area (Å²) in [6.45, 7) is 8.36. The van der Waals surface area contributed by atoms with Crippen molar-refractivity contribution < 1.29 is 0 Å². The van der Waals surface area contributed by atoms with Crippen molar-refractivity contribution in [3.63, 3.8) is 0 Å². The number of rotatable bonds is 4. The highest BCUT2D eigenvalue weighted by Crippen LogP contribution is 2.27. The van der Waals surface area contributed by atoms with E-state index in [1.165, 1.54) is 17.0 Å². The summed E-state index contributed by atoms with van der Waals surface area (Å²) in [6, 6.07) is 20.7. The molecule has 0 heterocycles. The second-order valence-corrected chi connectivity index (χ2v) is 4.37. The molecule has 0 N–H and O–H groups in total. The smallest absolute Gasteiger partial charge is 0.00250 e. The minimum Gasteiger partial charge on any atom is -0.0622 e. The van der Waals surface area contributed by atoms with E-state index < -0.39 is 0 Å². The number of hydrogen-bond acceptors (Lipinski definition) is 0. The molecule has 17 heavy (non-hydrogen) atoms. The van der Waals surface area contributed by atoms with Gasteiger partial charge in [-0.15, -0.1) is 0 Å². The second-order valence-electron chi connectivity index (χ2n) is 4.37. The molecule has 0 amide bonds. The van der Waals surface area contributed by atoms with E-state index in [0.29, 0.717) is 0 Å². The Labute approximate surface area is 104 Å². The number of benzene rings is 2. The molecule has 0 aliphatic rings. The summed E-state index contributed by atoms with van der Waals surface area (Å²) in [4.78, 5) is 0. The summed E-state index contributed by atoms with van der Waals surface area (Å²) in [5.41, 5.74) is 2.47. The molecule has 0 spiro atoms. The van der Waals surface area contributed by atoms with Crippen LogP contribution in [-0.2, 0) is 0 Å². The van der Waals surface area contributed by atoms with Gasteiger partial charge in [0.15, 0.2) is 0 Å². The molecule has 85 valence electrons. The fourth-order valence-corrected chi connectivity index (χ4v) is 1.99. The first-order chi connectivity index (χ1) is 8.27. The maximum atomic E-state index is 6.21. The topological polar surface area (TPSA) is 0 Å². The molecule has 2 rings (SSSR count). The minimum atomic E-state index is 0.0800. The van der Waals surface area contributed by atoms with Crippen molar-refractivity contribution in [2.75, 3.05) is 0 Å². The largest absolute Gasteiger partial charge is 0.0622 e. The van der Waals surface area contributed by atoms with Gasteiger partial charge in [0.05, 0.1) is 0 Å². The first-order valence-corrected chi connectivity index (χ1v) is 5.96. The molecule has 0 aliphatic heterocycles. The van der Waals surface area contributed by atoms with Crippen LogP contribution < -0.4 is 0 Å². The Bertz CT molecular complexity index is 387. The van der Waals surface area contributed by atoms with E-state index in [4.69, 9.17) is 6.92 Å². The molecule has 1 atom stereocenters. The lowest BCUT2D eigenvalue weighted by atomic mass is 9.87. The Balaban J connectivity index is 2.02. The maximum absolute atomic E-state index is 6.21. The molecule has 2 aromatic rings. The van der Waals surface area contributed by atoms with Gasteiger partial charge in [0.25, 0.3) is 0 Å². The quantitative estimate of drug-likeness (QED) is 0.712. The maximum Gasteiger partial charge on any atom is 0.00250 e. The van der Waals surface area contributed by atoms with Crippen LogP contribution in [0.15, 0.2) is 60.7 Å². The first-order valence-electron chi connectivity index (χ1n) is 5.96. The van der Waals surface area contributed by atoms with E-state index in [1.807, 2.05) is 24.3 Å². The molecule has 0 bridgehead atoms. The van der Waals surface area contributed by atoms with Gasteiger partial charge < -0.3 is 0 Å². The normalized spacial score (nSPS) is 12.6. The van der Waals surface area contributed by atoms with Crippen molar-refractivity contribution in [1.29, 1.82) is 0 Å². The highest BCUT2D eigenvalue weighted by Gasteiger charge is 2.12. The van der Waals surface area contributed by atoms with Gasteiger partial charge in [0.2, 0.25) is 0 Å². The van der Waals surface area contributed by atoms with E-state index >= 15 is 0 Å². The predicted octanol–water partition coefficient (Wildman–Crippen LogP) is 4.51. The summed E-state index contributed by atoms with van der Waals surface area (Å²) in [7, 11) is 0. The van der Waals surface area contributed by atoms with Crippen molar-refractivity contribution in [1.82, 2.24) is 0 Å². The van der Waals surface area contributed by atoms with Gasteiger partial charge in [-0.1, -0.05) is 67.6 Å². The summed E-state index contributed by atoms with van der Waals surface area (Å²) >= 11 is 0. The van der Waals surface area contributed by atoms with Crippen LogP contribution >= 0.6 is 0 Å². The van der Waals surface area contributed by atoms with E-state index in [2.05, 4.69) is 43.3 Å². The van der Waals surface area contributed by atoms with Crippen molar-refractivity contribution >= 4 is 0 Å². The summed E-state index contributed by atoms with van der Waals surface area (Å²) in [6.07, 6.45) is 0.897. The van der Waals surface area contributed by atoms with Crippen molar-refractivity contribution in [2.24, 2.45) is 0 Å². The minimum absolute atomic E-state index is 0.0800. The Morgan fingerprint density at radius 3 is 2.06 bits per heavy atom. The van der Waals surface area contributed by atoms with Crippen LogP contribution in [0.3, 0.4) is 0 Å².